The second-order valence-electron chi connectivity index (χ2n) is 4.41. The minimum absolute atomic E-state index is 0.309. The Labute approximate surface area is 77.1 Å². The van der Waals surface area contributed by atoms with Gasteiger partial charge >= 0.3 is 6.03 Å². The maximum atomic E-state index is 11.3. The van der Waals surface area contributed by atoms with E-state index in [-0.39, 0.29) is 5.91 Å². The van der Waals surface area contributed by atoms with Crippen LogP contribution >= 0.6 is 0 Å². The number of hydrogen-bond acceptors (Lipinski definition) is 3. The molecule has 0 aromatic heterocycles. The number of nitrogens with one attached hydrogen (secondary N) is 2. The fourth-order valence-corrected chi connectivity index (χ4v) is 1.62. The van der Waals surface area contributed by atoms with Gasteiger partial charge in [0.15, 0.2) is 0 Å². The fraction of sp³-hybridized carbons (Fsp3) is 0.750. The molecule has 1 unspecified atom stereocenters. The molecule has 5 heteroatoms. The van der Waals surface area contributed by atoms with Crippen LogP contribution in [0, 0.1) is 0 Å². The van der Waals surface area contributed by atoms with Crippen molar-refractivity contribution in [2.75, 3.05) is 0 Å². The summed E-state index contributed by atoms with van der Waals surface area (Å²) in [7, 11) is 0. The predicted octanol–water partition coefficient (Wildman–Crippen LogP) is -0.288. The number of amides is 3. The number of urea groups is 1. The number of hydrogen-bond donors (Lipinski definition) is 3. The van der Waals surface area contributed by atoms with Crippen LogP contribution in [0.1, 0.15) is 27.2 Å². The molecule has 1 heterocycles. The van der Waals surface area contributed by atoms with Gasteiger partial charge in [-0.25, -0.2) is 4.79 Å². The van der Waals surface area contributed by atoms with Crippen LogP contribution in [0.5, 0.6) is 0 Å². The molecular weight excluding hydrogens is 170 g/mol. The first-order chi connectivity index (χ1) is 5.73. The minimum atomic E-state index is -0.866. The molecule has 0 aromatic rings. The molecule has 0 spiro atoms. The van der Waals surface area contributed by atoms with Gasteiger partial charge in [0.05, 0.1) is 0 Å². The summed E-state index contributed by atoms with van der Waals surface area (Å²) in [6.45, 7) is 5.30. The molecule has 0 bridgehead atoms. The van der Waals surface area contributed by atoms with E-state index >= 15 is 0 Å². The Morgan fingerprint density at radius 1 is 1.46 bits per heavy atom. The zero-order valence-electron chi connectivity index (χ0n) is 8.10. The van der Waals surface area contributed by atoms with Gasteiger partial charge in [-0.05, 0) is 27.2 Å². The zero-order chi connectivity index (χ0) is 10.3. The molecule has 1 saturated heterocycles. The van der Waals surface area contributed by atoms with Crippen molar-refractivity contribution < 1.29 is 9.59 Å². The summed E-state index contributed by atoms with van der Waals surface area (Å²) in [5.41, 5.74) is 4.43. The van der Waals surface area contributed by atoms with E-state index < -0.39 is 17.1 Å². The van der Waals surface area contributed by atoms with Gasteiger partial charge < -0.3 is 11.1 Å². The van der Waals surface area contributed by atoms with Crippen LogP contribution in [0.2, 0.25) is 0 Å². The van der Waals surface area contributed by atoms with Gasteiger partial charge in [0.1, 0.15) is 5.54 Å². The van der Waals surface area contributed by atoms with Crippen molar-refractivity contribution in [3.63, 3.8) is 0 Å². The Hall–Kier alpha value is -1.10. The Balaban J connectivity index is 2.77. The van der Waals surface area contributed by atoms with Crippen molar-refractivity contribution in [3.8, 4) is 0 Å². The van der Waals surface area contributed by atoms with Crippen LogP contribution in [0.15, 0.2) is 0 Å². The van der Waals surface area contributed by atoms with Gasteiger partial charge in [-0.15, -0.1) is 0 Å². The lowest BCUT2D eigenvalue weighted by Crippen LogP contribution is -2.51. The summed E-state index contributed by atoms with van der Waals surface area (Å²) >= 11 is 0. The fourth-order valence-electron chi connectivity index (χ4n) is 1.62. The lowest BCUT2D eigenvalue weighted by Gasteiger charge is -2.29. The molecule has 3 amide bonds. The smallest absolute Gasteiger partial charge is 0.322 e. The standard InChI is InChI=1S/C8H15N3O2/c1-7(2,9)4-8(3)5(12)10-6(13)11-8/h4,9H2,1-3H3,(H2,10,11,12,13). The van der Waals surface area contributed by atoms with Gasteiger partial charge in [-0.1, -0.05) is 0 Å². The van der Waals surface area contributed by atoms with Crippen LogP contribution in [-0.4, -0.2) is 23.0 Å². The molecule has 1 fully saturated rings. The number of carbonyl (C=O) groups excluding carboxylic acids is 2. The van der Waals surface area contributed by atoms with E-state index in [0.29, 0.717) is 6.42 Å². The lowest BCUT2D eigenvalue weighted by atomic mass is 9.86. The Bertz CT molecular complexity index is 257. The molecule has 0 radical (unpaired) electrons. The lowest BCUT2D eigenvalue weighted by molar-refractivity contribution is -0.124. The van der Waals surface area contributed by atoms with Gasteiger partial charge in [0.25, 0.3) is 5.91 Å². The van der Waals surface area contributed by atoms with E-state index in [4.69, 9.17) is 5.73 Å². The van der Waals surface area contributed by atoms with Gasteiger partial charge in [0, 0.05) is 5.54 Å². The van der Waals surface area contributed by atoms with Crippen LogP contribution in [0.25, 0.3) is 0 Å². The SMILES string of the molecule is CC(C)(N)CC1(C)NC(=O)NC1=O. The summed E-state index contributed by atoms with van der Waals surface area (Å²) in [4.78, 5) is 22.2. The van der Waals surface area contributed by atoms with E-state index in [1.165, 1.54) is 0 Å². The maximum Gasteiger partial charge on any atom is 0.322 e. The number of nitrogens with two attached hydrogens (primary N) is 1. The average molecular weight is 185 g/mol. The van der Waals surface area contributed by atoms with E-state index in [1.54, 1.807) is 6.92 Å². The first-order valence-corrected chi connectivity index (χ1v) is 4.15. The molecule has 0 aromatic carbocycles. The van der Waals surface area contributed by atoms with Gasteiger partial charge in [0.2, 0.25) is 0 Å². The highest BCUT2D eigenvalue weighted by Crippen LogP contribution is 2.21. The highest BCUT2D eigenvalue weighted by Gasteiger charge is 2.44. The summed E-state index contributed by atoms with van der Waals surface area (Å²) < 4.78 is 0. The molecule has 5 nitrogen and oxygen atoms in total. The van der Waals surface area contributed by atoms with Crippen LogP contribution < -0.4 is 16.4 Å². The molecule has 0 saturated carbocycles. The van der Waals surface area contributed by atoms with Crippen molar-refractivity contribution >= 4 is 11.9 Å². The zero-order valence-corrected chi connectivity index (χ0v) is 8.10. The maximum absolute atomic E-state index is 11.3. The largest absolute Gasteiger partial charge is 0.325 e. The molecule has 4 N–H and O–H groups in total. The first kappa shape index (κ1) is 9.98. The number of rotatable bonds is 2. The monoisotopic (exact) mass is 185 g/mol. The Morgan fingerprint density at radius 3 is 2.31 bits per heavy atom. The van der Waals surface area contributed by atoms with Crippen molar-refractivity contribution in [1.29, 1.82) is 0 Å². The van der Waals surface area contributed by atoms with E-state index in [0.717, 1.165) is 0 Å². The third kappa shape index (κ3) is 2.18. The van der Waals surface area contributed by atoms with Crippen molar-refractivity contribution in [2.24, 2.45) is 5.73 Å². The molecule has 74 valence electrons. The van der Waals surface area contributed by atoms with Crippen molar-refractivity contribution in [2.45, 2.75) is 38.3 Å². The molecule has 1 aliphatic rings. The third-order valence-corrected chi connectivity index (χ3v) is 1.93. The summed E-state index contributed by atoms with van der Waals surface area (Å²) in [5, 5.41) is 4.74. The molecule has 1 atom stereocenters. The normalized spacial score (nSPS) is 28.6. The highest BCUT2D eigenvalue weighted by molar-refractivity contribution is 6.06. The van der Waals surface area contributed by atoms with Crippen LogP contribution in [-0.2, 0) is 4.79 Å². The summed E-state index contributed by atoms with van der Waals surface area (Å²) in [6.07, 6.45) is 0.414. The average Bonchev–Trinajstić information content (AvgIpc) is 2.00. The van der Waals surface area contributed by atoms with Gasteiger partial charge in [-0.3, -0.25) is 10.1 Å². The molecular formula is C8H15N3O2. The van der Waals surface area contributed by atoms with E-state index in [1.807, 2.05) is 13.8 Å². The second kappa shape index (κ2) is 2.70. The van der Waals surface area contributed by atoms with Gasteiger partial charge in [-0.2, -0.15) is 0 Å². The quantitative estimate of drug-likeness (QED) is 0.517. The Morgan fingerprint density at radius 2 is 2.00 bits per heavy atom. The molecule has 0 aliphatic carbocycles. The van der Waals surface area contributed by atoms with Crippen LogP contribution in [0.4, 0.5) is 4.79 Å². The second-order valence-corrected chi connectivity index (χ2v) is 4.41. The third-order valence-electron chi connectivity index (χ3n) is 1.93. The summed E-state index contributed by atoms with van der Waals surface area (Å²) in [5.74, 6) is -0.309. The Kier molecular flexibility index (Phi) is 2.07. The van der Waals surface area contributed by atoms with Crippen molar-refractivity contribution in [3.05, 3.63) is 0 Å². The van der Waals surface area contributed by atoms with Crippen molar-refractivity contribution in [1.82, 2.24) is 10.6 Å². The topological polar surface area (TPSA) is 84.2 Å². The molecule has 1 rings (SSSR count). The number of imide groups is 1. The van der Waals surface area contributed by atoms with E-state index in [2.05, 4.69) is 10.6 Å². The summed E-state index contributed by atoms with van der Waals surface area (Å²) in [6, 6.07) is -0.447. The molecule has 13 heavy (non-hydrogen) atoms. The number of carbonyl (C=O) groups is 2. The minimum Gasteiger partial charge on any atom is -0.325 e. The van der Waals surface area contributed by atoms with E-state index in [9.17, 15) is 9.59 Å². The highest BCUT2D eigenvalue weighted by atomic mass is 16.2. The molecule has 1 aliphatic heterocycles. The predicted molar refractivity (Wildman–Crippen MR) is 48.0 cm³/mol. The first-order valence-electron chi connectivity index (χ1n) is 4.15. The van der Waals surface area contributed by atoms with Crippen LogP contribution in [0.3, 0.4) is 0 Å².